The number of pyridine rings is 1. The average molecular weight is 279 g/mol. The van der Waals surface area contributed by atoms with Crippen LogP contribution in [0.25, 0.3) is 11.1 Å². The van der Waals surface area contributed by atoms with Crippen LogP contribution in [0.3, 0.4) is 0 Å². The predicted octanol–water partition coefficient (Wildman–Crippen LogP) is 2.46. The number of halogens is 2. The number of nitrogens with zero attached hydrogens (tertiary/aromatic N) is 2. The molecular weight excluding hydrogens is 267 g/mol. The third-order valence-electron chi connectivity index (χ3n) is 2.70. The summed E-state index contributed by atoms with van der Waals surface area (Å²) in [4.78, 5) is 7.66. The second-order valence-electron chi connectivity index (χ2n) is 3.91. The fourth-order valence-corrected chi connectivity index (χ4v) is 1.76. The number of nitrogens with two attached hydrogens (primary N) is 2. The molecule has 0 aliphatic rings. The van der Waals surface area contributed by atoms with Crippen molar-refractivity contribution in [2.24, 2.45) is 10.7 Å². The van der Waals surface area contributed by atoms with Crippen LogP contribution in [0.1, 0.15) is 5.56 Å². The SMILES string of the molecule is C/N=C(/N)c1cc(-c2cnc(Cl)c(F)c2)ccc1N. The van der Waals surface area contributed by atoms with Crippen LogP contribution >= 0.6 is 11.6 Å². The third kappa shape index (κ3) is 2.66. The van der Waals surface area contributed by atoms with Gasteiger partial charge in [-0.05, 0) is 23.8 Å². The van der Waals surface area contributed by atoms with Crippen LogP contribution in [0.2, 0.25) is 5.15 Å². The molecule has 0 fully saturated rings. The summed E-state index contributed by atoms with van der Waals surface area (Å²) >= 11 is 5.55. The van der Waals surface area contributed by atoms with Crippen LogP contribution in [0.15, 0.2) is 35.5 Å². The first-order valence-electron chi connectivity index (χ1n) is 5.46. The van der Waals surface area contributed by atoms with Crippen molar-refractivity contribution in [1.29, 1.82) is 0 Å². The van der Waals surface area contributed by atoms with E-state index in [1.54, 1.807) is 25.2 Å². The monoisotopic (exact) mass is 278 g/mol. The van der Waals surface area contributed by atoms with Gasteiger partial charge in [0.05, 0.1) is 0 Å². The number of hydrogen-bond acceptors (Lipinski definition) is 3. The highest BCUT2D eigenvalue weighted by molar-refractivity contribution is 6.29. The molecule has 0 bridgehead atoms. The zero-order valence-corrected chi connectivity index (χ0v) is 10.9. The van der Waals surface area contributed by atoms with Gasteiger partial charge in [-0.1, -0.05) is 17.7 Å². The lowest BCUT2D eigenvalue weighted by molar-refractivity contribution is 0.622. The van der Waals surface area contributed by atoms with E-state index in [9.17, 15) is 4.39 Å². The molecule has 0 aliphatic carbocycles. The number of aliphatic imine (C=N–C) groups is 1. The van der Waals surface area contributed by atoms with Gasteiger partial charge in [0, 0.05) is 30.1 Å². The fourth-order valence-electron chi connectivity index (χ4n) is 1.66. The van der Waals surface area contributed by atoms with Crippen molar-refractivity contribution in [3.63, 3.8) is 0 Å². The van der Waals surface area contributed by atoms with E-state index in [-0.39, 0.29) is 5.15 Å². The lowest BCUT2D eigenvalue weighted by atomic mass is 10.0. The average Bonchev–Trinajstić information content (AvgIpc) is 2.41. The Morgan fingerprint density at radius 1 is 1.32 bits per heavy atom. The Labute approximate surface area is 114 Å². The van der Waals surface area contributed by atoms with E-state index in [1.165, 1.54) is 12.3 Å². The minimum Gasteiger partial charge on any atom is -0.398 e. The molecule has 1 aromatic heterocycles. The van der Waals surface area contributed by atoms with Gasteiger partial charge < -0.3 is 11.5 Å². The maximum atomic E-state index is 13.4. The third-order valence-corrected chi connectivity index (χ3v) is 2.98. The zero-order valence-electron chi connectivity index (χ0n) is 10.2. The largest absolute Gasteiger partial charge is 0.398 e. The smallest absolute Gasteiger partial charge is 0.164 e. The summed E-state index contributed by atoms with van der Waals surface area (Å²) in [6.07, 6.45) is 1.49. The maximum absolute atomic E-state index is 13.4. The summed E-state index contributed by atoms with van der Waals surface area (Å²) in [7, 11) is 1.57. The molecule has 0 amide bonds. The summed E-state index contributed by atoms with van der Waals surface area (Å²) < 4.78 is 13.4. The van der Waals surface area contributed by atoms with Crippen molar-refractivity contribution < 1.29 is 4.39 Å². The van der Waals surface area contributed by atoms with Crippen LogP contribution in [-0.2, 0) is 0 Å². The highest BCUT2D eigenvalue weighted by atomic mass is 35.5. The summed E-state index contributed by atoms with van der Waals surface area (Å²) in [6, 6.07) is 6.49. The number of nitrogen functional groups attached to an aromatic ring is 1. The highest BCUT2D eigenvalue weighted by Gasteiger charge is 2.09. The molecule has 6 heteroatoms. The first kappa shape index (κ1) is 13.3. The van der Waals surface area contributed by atoms with Gasteiger partial charge in [0.15, 0.2) is 11.0 Å². The van der Waals surface area contributed by atoms with Crippen molar-refractivity contribution in [2.75, 3.05) is 12.8 Å². The quantitative estimate of drug-likeness (QED) is 0.383. The summed E-state index contributed by atoms with van der Waals surface area (Å²) in [5.41, 5.74) is 14.0. The second kappa shape index (κ2) is 5.24. The summed E-state index contributed by atoms with van der Waals surface area (Å²) in [5, 5.41) is -0.158. The first-order valence-corrected chi connectivity index (χ1v) is 5.84. The highest BCUT2D eigenvalue weighted by Crippen LogP contribution is 2.25. The maximum Gasteiger partial charge on any atom is 0.164 e. The van der Waals surface area contributed by atoms with E-state index in [4.69, 9.17) is 23.1 Å². The number of amidine groups is 1. The summed E-state index contributed by atoms with van der Waals surface area (Å²) in [5.74, 6) is -0.253. The van der Waals surface area contributed by atoms with Crippen molar-refractivity contribution in [3.05, 3.63) is 47.0 Å². The van der Waals surface area contributed by atoms with Crippen molar-refractivity contribution in [2.45, 2.75) is 0 Å². The van der Waals surface area contributed by atoms with Gasteiger partial charge in [0.2, 0.25) is 0 Å². The molecule has 0 unspecified atom stereocenters. The van der Waals surface area contributed by atoms with Crippen LogP contribution in [-0.4, -0.2) is 17.9 Å². The molecule has 98 valence electrons. The molecule has 0 spiro atoms. The standard InChI is InChI=1S/C13H12ClFN4/c1-18-13(17)9-4-7(2-3-11(9)16)8-5-10(15)12(14)19-6-8/h2-6H,16H2,1H3,(H2,17,18). The molecule has 4 nitrogen and oxygen atoms in total. The normalized spacial score (nSPS) is 11.6. The number of hydrogen-bond donors (Lipinski definition) is 2. The van der Waals surface area contributed by atoms with Crippen LogP contribution in [0.4, 0.5) is 10.1 Å². The number of aromatic nitrogens is 1. The van der Waals surface area contributed by atoms with Gasteiger partial charge in [0.1, 0.15) is 5.84 Å². The van der Waals surface area contributed by atoms with Crippen molar-refractivity contribution in [3.8, 4) is 11.1 Å². The van der Waals surface area contributed by atoms with E-state index in [1.807, 2.05) is 0 Å². The van der Waals surface area contributed by atoms with Crippen LogP contribution in [0, 0.1) is 5.82 Å². The topological polar surface area (TPSA) is 77.3 Å². The van der Waals surface area contributed by atoms with Crippen LogP contribution in [0.5, 0.6) is 0 Å². The number of anilines is 1. The van der Waals surface area contributed by atoms with Gasteiger partial charge in [0.25, 0.3) is 0 Å². The lowest BCUT2D eigenvalue weighted by Crippen LogP contribution is -2.15. The van der Waals surface area contributed by atoms with Gasteiger partial charge in [-0.3, -0.25) is 4.99 Å². The molecule has 1 aromatic carbocycles. The molecule has 0 aliphatic heterocycles. The molecule has 0 saturated carbocycles. The molecule has 2 aromatic rings. The Balaban J connectivity index is 2.54. The van der Waals surface area contributed by atoms with Crippen molar-refractivity contribution in [1.82, 2.24) is 4.98 Å². The Morgan fingerprint density at radius 3 is 2.68 bits per heavy atom. The van der Waals surface area contributed by atoms with Crippen LogP contribution < -0.4 is 11.5 Å². The molecule has 2 rings (SSSR count). The van der Waals surface area contributed by atoms with Crippen molar-refractivity contribution >= 4 is 23.1 Å². The molecule has 0 saturated heterocycles. The molecular formula is C13H12ClFN4. The molecule has 19 heavy (non-hydrogen) atoms. The van der Waals surface area contributed by atoms with Gasteiger partial charge >= 0.3 is 0 Å². The Kier molecular flexibility index (Phi) is 3.66. The van der Waals surface area contributed by atoms with Gasteiger partial charge in [-0.15, -0.1) is 0 Å². The minimum atomic E-state index is -0.574. The molecule has 4 N–H and O–H groups in total. The predicted molar refractivity (Wildman–Crippen MR) is 75.7 cm³/mol. The first-order chi connectivity index (χ1) is 9.02. The van der Waals surface area contributed by atoms with E-state index in [0.29, 0.717) is 22.6 Å². The zero-order chi connectivity index (χ0) is 14.0. The van der Waals surface area contributed by atoms with E-state index >= 15 is 0 Å². The fraction of sp³-hybridized carbons (Fsp3) is 0.0769. The molecule has 0 radical (unpaired) electrons. The Bertz CT molecular complexity index is 655. The Morgan fingerprint density at radius 2 is 2.05 bits per heavy atom. The minimum absolute atomic E-state index is 0.158. The lowest BCUT2D eigenvalue weighted by Gasteiger charge is -2.08. The molecule has 1 heterocycles. The van der Waals surface area contributed by atoms with E-state index < -0.39 is 5.82 Å². The van der Waals surface area contributed by atoms with Gasteiger partial charge in [-0.25, -0.2) is 9.37 Å². The Hall–Kier alpha value is -2.14. The van der Waals surface area contributed by atoms with Gasteiger partial charge in [-0.2, -0.15) is 0 Å². The van der Waals surface area contributed by atoms with E-state index in [0.717, 1.165) is 5.56 Å². The second-order valence-corrected chi connectivity index (χ2v) is 4.27. The number of benzene rings is 1. The number of rotatable bonds is 2. The molecule has 0 atom stereocenters. The summed E-state index contributed by atoms with van der Waals surface area (Å²) in [6.45, 7) is 0. The van der Waals surface area contributed by atoms with E-state index in [2.05, 4.69) is 9.98 Å².